The first-order chi connectivity index (χ1) is 15.3. The molecular weight excluding hydrogens is 410 g/mol. The van der Waals surface area contributed by atoms with Crippen LogP contribution in [-0.4, -0.2) is 59.4 Å². The highest BCUT2D eigenvalue weighted by molar-refractivity contribution is 5.90. The van der Waals surface area contributed by atoms with Gasteiger partial charge in [-0.15, -0.1) is 0 Å². The zero-order chi connectivity index (χ0) is 22.8. The Morgan fingerprint density at radius 1 is 1.25 bits per heavy atom. The number of likely N-dealkylation sites (N-methyl/N-ethyl adjacent to an activating group) is 1. The van der Waals surface area contributed by atoms with Crippen molar-refractivity contribution < 1.29 is 28.4 Å². The van der Waals surface area contributed by atoms with Crippen LogP contribution in [0.5, 0.6) is 0 Å². The third kappa shape index (κ3) is 4.71. The number of aryl methyl sites for hydroxylation is 1. The molecule has 2 aromatic rings. The zero-order valence-corrected chi connectivity index (χ0v) is 18.8. The van der Waals surface area contributed by atoms with Gasteiger partial charge in [0.25, 0.3) is 5.91 Å². The van der Waals surface area contributed by atoms with Crippen LogP contribution >= 0.6 is 0 Å². The summed E-state index contributed by atoms with van der Waals surface area (Å²) in [5.74, 6) is 0.139. The smallest absolute Gasteiger partial charge is 0.343 e. The summed E-state index contributed by atoms with van der Waals surface area (Å²) >= 11 is 0. The number of anilines is 1. The third-order valence-corrected chi connectivity index (χ3v) is 6.80. The molecule has 2 aliphatic rings. The number of amides is 1. The van der Waals surface area contributed by atoms with Gasteiger partial charge < -0.3 is 24.2 Å². The Kier molecular flexibility index (Phi) is 6.35. The van der Waals surface area contributed by atoms with Gasteiger partial charge in [0.2, 0.25) is 0 Å². The van der Waals surface area contributed by atoms with E-state index in [9.17, 15) is 14.7 Å². The molecule has 0 bridgehead atoms. The van der Waals surface area contributed by atoms with Crippen LogP contribution in [0, 0.1) is 12.8 Å². The van der Waals surface area contributed by atoms with Crippen molar-refractivity contribution in [2.24, 2.45) is 5.92 Å². The normalized spacial score (nSPS) is 25.4. The van der Waals surface area contributed by atoms with Crippen LogP contribution in [0.25, 0.3) is 0 Å². The quantitative estimate of drug-likeness (QED) is 0.505. The number of carbonyl (C=O) groups is 2. The van der Waals surface area contributed by atoms with Gasteiger partial charge in [-0.25, -0.2) is 4.79 Å². The molecule has 2 fully saturated rings. The number of likely N-dealkylation sites (tertiary alicyclic amines) is 1. The Hall–Kier alpha value is -2.71. The number of aliphatic hydroxyl groups is 1. The van der Waals surface area contributed by atoms with E-state index >= 15 is 0 Å². The predicted molar refractivity (Wildman–Crippen MR) is 117 cm³/mol. The molecule has 1 aromatic carbocycles. The summed E-state index contributed by atoms with van der Waals surface area (Å²) in [7, 11) is 1.97. The van der Waals surface area contributed by atoms with Crippen LogP contribution in [0.2, 0.25) is 0 Å². The first kappa shape index (κ1) is 22.5. The average Bonchev–Trinajstić information content (AvgIpc) is 3.50. The van der Waals surface area contributed by atoms with E-state index < -0.39 is 11.6 Å². The van der Waals surface area contributed by atoms with Gasteiger partial charge in [-0.2, -0.15) is 0 Å². The standard InChI is InChI=1S/C24H31N3O5/c1-17-14-21(26-32-17)25-22(28)16-27(2)13-12-20(15-27)31-23(29)24(30,19-10-6-7-11-19)18-8-4-3-5-9-18/h3-5,8-9,14,19-20,30H,6-7,10-13,15-16H2,1-2H3/p+1/t20?,24?,27-/m1/s1. The van der Waals surface area contributed by atoms with E-state index in [2.05, 4.69) is 10.5 Å². The van der Waals surface area contributed by atoms with Crippen LogP contribution in [0.3, 0.4) is 0 Å². The highest BCUT2D eigenvalue weighted by Gasteiger charge is 2.50. The van der Waals surface area contributed by atoms with Crippen LogP contribution < -0.4 is 5.32 Å². The zero-order valence-electron chi connectivity index (χ0n) is 18.8. The summed E-state index contributed by atoms with van der Waals surface area (Å²) < 4.78 is 11.3. The van der Waals surface area contributed by atoms with Crippen molar-refractivity contribution in [2.75, 3.05) is 32.0 Å². The molecule has 1 saturated heterocycles. The van der Waals surface area contributed by atoms with E-state index in [0.717, 1.165) is 25.7 Å². The number of ether oxygens (including phenoxy) is 1. The minimum atomic E-state index is -1.63. The number of esters is 1. The Morgan fingerprint density at radius 3 is 2.62 bits per heavy atom. The fraction of sp³-hybridized carbons (Fsp3) is 0.542. The number of quaternary nitrogens is 1. The van der Waals surface area contributed by atoms with Crippen molar-refractivity contribution in [3.05, 3.63) is 47.7 Å². The molecule has 1 aromatic heterocycles. The van der Waals surface area contributed by atoms with Crippen molar-refractivity contribution in [3.8, 4) is 0 Å². The van der Waals surface area contributed by atoms with Gasteiger partial charge in [-0.3, -0.25) is 4.79 Å². The number of hydrogen-bond acceptors (Lipinski definition) is 6. The van der Waals surface area contributed by atoms with E-state index in [0.29, 0.717) is 41.1 Å². The Labute approximate surface area is 188 Å². The number of nitrogens with one attached hydrogen (secondary N) is 1. The van der Waals surface area contributed by atoms with E-state index in [1.165, 1.54) is 0 Å². The van der Waals surface area contributed by atoms with E-state index in [1.807, 2.05) is 25.2 Å². The lowest BCUT2D eigenvalue weighted by Crippen LogP contribution is -2.49. The monoisotopic (exact) mass is 442 g/mol. The summed E-state index contributed by atoms with van der Waals surface area (Å²) in [6.07, 6.45) is 3.93. The Bertz CT molecular complexity index is 956. The molecule has 172 valence electrons. The van der Waals surface area contributed by atoms with Crippen LogP contribution in [0.15, 0.2) is 40.9 Å². The van der Waals surface area contributed by atoms with E-state index in [1.54, 1.807) is 25.1 Å². The van der Waals surface area contributed by atoms with Crippen LogP contribution in [0.4, 0.5) is 5.82 Å². The lowest BCUT2D eigenvalue weighted by Gasteiger charge is -2.33. The molecular formula is C24H32N3O5+. The van der Waals surface area contributed by atoms with Crippen LogP contribution in [0.1, 0.15) is 43.4 Å². The van der Waals surface area contributed by atoms with Gasteiger partial charge in [0, 0.05) is 18.4 Å². The topological polar surface area (TPSA) is 102 Å². The van der Waals surface area contributed by atoms with E-state index in [-0.39, 0.29) is 24.5 Å². The molecule has 1 aliphatic heterocycles. The average molecular weight is 443 g/mol. The highest BCUT2D eigenvalue weighted by atomic mass is 16.6. The molecule has 2 heterocycles. The second-order valence-electron chi connectivity index (χ2n) is 9.48. The Morgan fingerprint density at radius 2 is 1.97 bits per heavy atom. The molecule has 0 radical (unpaired) electrons. The summed E-state index contributed by atoms with van der Waals surface area (Å²) in [5.41, 5.74) is -1.04. The highest BCUT2D eigenvalue weighted by Crippen LogP contribution is 2.42. The molecule has 8 nitrogen and oxygen atoms in total. The summed E-state index contributed by atoms with van der Waals surface area (Å²) in [6.45, 7) is 3.23. The van der Waals surface area contributed by atoms with Crippen molar-refractivity contribution >= 4 is 17.7 Å². The van der Waals surface area contributed by atoms with Crippen molar-refractivity contribution in [2.45, 2.75) is 50.7 Å². The van der Waals surface area contributed by atoms with Crippen molar-refractivity contribution in [1.82, 2.24) is 5.16 Å². The first-order valence-corrected chi connectivity index (χ1v) is 11.3. The van der Waals surface area contributed by atoms with Gasteiger partial charge in [-0.1, -0.05) is 48.3 Å². The van der Waals surface area contributed by atoms with Crippen molar-refractivity contribution in [1.29, 1.82) is 0 Å². The number of nitrogens with zero attached hydrogens (tertiary/aromatic N) is 2. The Balaban J connectivity index is 1.40. The second kappa shape index (κ2) is 9.03. The molecule has 8 heteroatoms. The summed E-state index contributed by atoms with van der Waals surface area (Å²) in [5, 5.41) is 18.1. The molecule has 4 rings (SSSR count). The van der Waals surface area contributed by atoms with Gasteiger partial charge in [-0.05, 0) is 25.3 Å². The summed E-state index contributed by atoms with van der Waals surface area (Å²) in [6, 6.07) is 10.8. The molecule has 1 amide bonds. The van der Waals surface area contributed by atoms with Gasteiger partial charge in [0.15, 0.2) is 24.1 Å². The number of benzene rings is 1. The van der Waals surface area contributed by atoms with E-state index in [4.69, 9.17) is 9.26 Å². The van der Waals surface area contributed by atoms with Crippen molar-refractivity contribution in [3.63, 3.8) is 0 Å². The minimum Gasteiger partial charge on any atom is -0.454 e. The number of rotatable bonds is 7. The second-order valence-corrected chi connectivity index (χ2v) is 9.48. The molecule has 1 saturated carbocycles. The largest absolute Gasteiger partial charge is 0.454 e. The fourth-order valence-corrected chi connectivity index (χ4v) is 5.12. The maximum Gasteiger partial charge on any atom is 0.343 e. The number of carbonyl (C=O) groups excluding carboxylic acids is 2. The molecule has 3 atom stereocenters. The maximum absolute atomic E-state index is 13.3. The molecule has 1 aliphatic carbocycles. The first-order valence-electron chi connectivity index (χ1n) is 11.3. The fourth-order valence-electron chi connectivity index (χ4n) is 5.12. The van der Waals surface area contributed by atoms with Gasteiger partial charge in [0.1, 0.15) is 12.3 Å². The number of aromatic nitrogens is 1. The molecule has 2 N–H and O–H groups in total. The lowest BCUT2D eigenvalue weighted by molar-refractivity contribution is -0.890. The molecule has 2 unspecified atom stereocenters. The SMILES string of the molecule is Cc1cc(NC(=O)C[N@+]2(C)CCC(OC(=O)C(O)(c3ccccc3)C3CCCC3)C2)no1. The van der Waals surface area contributed by atoms with Gasteiger partial charge in [0.05, 0.1) is 13.6 Å². The third-order valence-electron chi connectivity index (χ3n) is 6.80. The number of hydrogen-bond donors (Lipinski definition) is 2. The minimum absolute atomic E-state index is 0.142. The lowest BCUT2D eigenvalue weighted by atomic mass is 9.80. The van der Waals surface area contributed by atoms with Crippen LogP contribution in [-0.2, 0) is 19.9 Å². The predicted octanol–water partition coefficient (Wildman–Crippen LogP) is 2.76. The summed E-state index contributed by atoms with van der Waals surface area (Å²) in [4.78, 5) is 25.8. The maximum atomic E-state index is 13.3. The molecule has 0 spiro atoms. The van der Waals surface area contributed by atoms with Gasteiger partial charge >= 0.3 is 5.97 Å². The molecule has 32 heavy (non-hydrogen) atoms.